The summed E-state index contributed by atoms with van der Waals surface area (Å²) in [5, 5.41) is 5.44. The molecular weight excluding hydrogens is 344 g/mol. The summed E-state index contributed by atoms with van der Waals surface area (Å²) in [6.07, 6.45) is 0.324. The lowest BCUT2D eigenvalue weighted by Gasteiger charge is -2.16. The molecule has 1 saturated heterocycles. The largest absolute Gasteiger partial charge is 0.355 e. The number of benzene rings is 1. The zero-order valence-corrected chi connectivity index (χ0v) is 15.1. The zero-order valence-electron chi connectivity index (χ0n) is 15.1. The maximum absolute atomic E-state index is 12.3. The van der Waals surface area contributed by atoms with E-state index in [-0.39, 0.29) is 37.1 Å². The Kier molecular flexibility index (Phi) is 5.80. The fourth-order valence-electron chi connectivity index (χ4n) is 3.00. The topological polar surface area (TPSA) is 91.4 Å². The van der Waals surface area contributed by atoms with Crippen molar-refractivity contribution >= 4 is 29.2 Å². The molecule has 7 nitrogen and oxygen atoms in total. The second-order valence-corrected chi connectivity index (χ2v) is 6.49. The highest BCUT2D eigenvalue weighted by molar-refractivity contribution is 6.00. The molecule has 1 fully saturated rings. The number of nitrogens with zero attached hydrogens (tertiary/aromatic N) is 2. The molecule has 0 spiro atoms. The van der Waals surface area contributed by atoms with Crippen molar-refractivity contribution in [2.75, 3.05) is 23.3 Å². The van der Waals surface area contributed by atoms with Gasteiger partial charge in [-0.25, -0.2) is 4.98 Å². The van der Waals surface area contributed by atoms with E-state index < -0.39 is 5.92 Å². The van der Waals surface area contributed by atoms with Crippen LogP contribution in [0.15, 0.2) is 48.5 Å². The Hall–Kier alpha value is -3.22. The predicted octanol–water partition coefficient (Wildman–Crippen LogP) is 1.89. The van der Waals surface area contributed by atoms with Crippen LogP contribution in [0.3, 0.4) is 0 Å². The van der Waals surface area contributed by atoms with Gasteiger partial charge in [-0.2, -0.15) is 0 Å². The average Bonchev–Trinajstić information content (AvgIpc) is 3.04. The summed E-state index contributed by atoms with van der Waals surface area (Å²) >= 11 is 0. The molecule has 0 saturated carbocycles. The summed E-state index contributed by atoms with van der Waals surface area (Å²) in [6, 6.07) is 14.7. The van der Waals surface area contributed by atoms with E-state index in [1.807, 2.05) is 49.4 Å². The Bertz CT molecular complexity index is 838. The third-order valence-corrected chi connectivity index (χ3v) is 4.37. The molecule has 2 N–H and O–H groups in total. The standard InChI is InChI=1S/C20H22N4O3/c1-14-6-5-9-17(22-14)23-18(25)10-11-21-20(27)15-12-19(26)24(13-15)16-7-3-2-4-8-16/h2-9,15H,10-13H2,1H3,(H,21,27)(H,22,23,25)/t15-/m0/s1. The summed E-state index contributed by atoms with van der Waals surface area (Å²) in [7, 11) is 0. The summed E-state index contributed by atoms with van der Waals surface area (Å²) < 4.78 is 0. The van der Waals surface area contributed by atoms with Crippen molar-refractivity contribution in [2.24, 2.45) is 5.92 Å². The van der Waals surface area contributed by atoms with Gasteiger partial charge in [-0.05, 0) is 31.2 Å². The van der Waals surface area contributed by atoms with Crippen LogP contribution in [0.5, 0.6) is 0 Å². The Morgan fingerprint density at radius 1 is 1.15 bits per heavy atom. The number of aromatic nitrogens is 1. The summed E-state index contributed by atoms with van der Waals surface area (Å²) in [5.41, 5.74) is 1.61. The normalized spacial score (nSPS) is 16.3. The molecule has 2 heterocycles. The number of pyridine rings is 1. The summed E-state index contributed by atoms with van der Waals surface area (Å²) in [6.45, 7) is 2.41. The lowest BCUT2D eigenvalue weighted by Crippen LogP contribution is -2.34. The van der Waals surface area contributed by atoms with Crippen molar-refractivity contribution in [3.05, 3.63) is 54.2 Å². The quantitative estimate of drug-likeness (QED) is 0.817. The van der Waals surface area contributed by atoms with Gasteiger partial charge in [0.05, 0.1) is 5.92 Å². The van der Waals surface area contributed by atoms with Gasteiger partial charge in [0.15, 0.2) is 0 Å². The smallest absolute Gasteiger partial charge is 0.227 e. The number of anilines is 2. The van der Waals surface area contributed by atoms with Crippen molar-refractivity contribution in [1.29, 1.82) is 0 Å². The molecule has 27 heavy (non-hydrogen) atoms. The molecule has 2 aromatic rings. The number of para-hydroxylation sites is 1. The van der Waals surface area contributed by atoms with Crippen LogP contribution in [0.2, 0.25) is 0 Å². The monoisotopic (exact) mass is 366 g/mol. The van der Waals surface area contributed by atoms with Crippen LogP contribution in [0.1, 0.15) is 18.5 Å². The third-order valence-electron chi connectivity index (χ3n) is 4.37. The number of aryl methyl sites for hydroxylation is 1. The molecule has 0 aliphatic carbocycles. The highest BCUT2D eigenvalue weighted by Gasteiger charge is 2.34. The number of nitrogens with one attached hydrogen (secondary N) is 2. The Morgan fingerprint density at radius 2 is 1.93 bits per heavy atom. The van der Waals surface area contributed by atoms with Crippen LogP contribution < -0.4 is 15.5 Å². The van der Waals surface area contributed by atoms with E-state index in [4.69, 9.17) is 0 Å². The number of rotatable bonds is 6. The number of hydrogen-bond acceptors (Lipinski definition) is 4. The number of carbonyl (C=O) groups excluding carboxylic acids is 3. The first kappa shape index (κ1) is 18.6. The Morgan fingerprint density at radius 3 is 2.67 bits per heavy atom. The fourth-order valence-corrected chi connectivity index (χ4v) is 3.00. The van der Waals surface area contributed by atoms with E-state index in [1.165, 1.54) is 0 Å². The lowest BCUT2D eigenvalue weighted by molar-refractivity contribution is -0.126. The average molecular weight is 366 g/mol. The second-order valence-electron chi connectivity index (χ2n) is 6.49. The second kappa shape index (κ2) is 8.44. The molecule has 0 bridgehead atoms. The van der Waals surface area contributed by atoms with Gasteiger partial charge >= 0.3 is 0 Å². The molecule has 0 radical (unpaired) electrons. The maximum atomic E-state index is 12.3. The van der Waals surface area contributed by atoms with Gasteiger partial charge in [-0.1, -0.05) is 24.3 Å². The summed E-state index contributed by atoms with van der Waals surface area (Å²) in [4.78, 5) is 42.3. The molecule has 3 amide bonds. The first-order valence-electron chi connectivity index (χ1n) is 8.89. The molecule has 1 aliphatic rings. The molecule has 1 aromatic heterocycles. The lowest BCUT2D eigenvalue weighted by atomic mass is 10.1. The predicted molar refractivity (Wildman–Crippen MR) is 102 cm³/mol. The minimum atomic E-state index is -0.404. The first-order valence-corrected chi connectivity index (χ1v) is 8.89. The molecule has 3 rings (SSSR count). The molecule has 140 valence electrons. The summed E-state index contributed by atoms with van der Waals surface area (Å²) in [5.74, 6) is -0.403. The minimum absolute atomic E-state index is 0.0652. The van der Waals surface area contributed by atoms with Crippen LogP contribution in [-0.4, -0.2) is 35.8 Å². The molecule has 1 aliphatic heterocycles. The van der Waals surface area contributed by atoms with Crippen molar-refractivity contribution < 1.29 is 14.4 Å². The van der Waals surface area contributed by atoms with Gasteiger partial charge in [-0.3, -0.25) is 14.4 Å². The van der Waals surface area contributed by atoms with Crippen LogP contribution in [0.4, 0.5) is 11.5 Å². The third kappa shape index (κ3) is 4.91. The SMILES string of the molecule is Cc1cccc(NC(=O)CCNC(=O)[C@H]2CC(=O)N(c3ccccc3)C2)n1. The van der Waals surface area contributed by atoms with Crippen molar-refractivity contribution in [3.8, 4) is 0 Å². The molecule has 1 aromatic carbocycles. The number of amides is 3. The fraction of sp³-hybridized carbons (Fsp3) is 0.300. The van der Waals surface area contributed by atoms with Crippen LogP contribution in [-0.2, 0) is 14.4 Å². The highest BCUT2D eigenvalue weighted by atomic mass is 16.2. The first-order chi connectivity index (χ1) is 13.0. The van der Waals surface area contributed by atoms with Crippen molar-refractivity contribution in [3.63, 3.8) is 0 Å². The highest BCUT2D eigenvalue weighted by Crippen LogP contribution is 2.24. The number of carbonyl (C=O) groups is 3. The van der Waals surface area contributed by atoms with Gasteiger partial charge in [-0.15, -0.1) is 0 Å². The van der Waals surface area contributed by atoms with Gasteiger partial charge in [0, 0.05) is 37.3 Å². The van der Waals surface area contributed by atoms with E-state index in [1.54, 1.807) is 11.0 Å². The Balaban J connectivity index is 1.44. The van der Waals surface area contributed by atoms with Crippen LogP contribution in [0, 0.1) is 12.8 Å². The molecule has 0 unspecified atom stereocenters. The molecule has 1 atom stereocenters. The maximum Gasteiger partial charge on any atom is 0.227 e. The van der Waals surface area contributed by atoms with Gasteiger partial charge in [0.1, 0.15) is 5.82 Å². The number of hydrogen-bond donors (Lipinski definition) is 2. The van der Waals surface area contributed by atoms with Crippen LogP contribution in [0.25, 0.3) is 0 Å². The van der Waals surface area contributed by atoms with Crippen LogP contribution >= 0.6 is 0 Å². The minimum Gasteiger partial charge on any atom is -0.355 e. The van der Waals surface area contributed by atoms with E-state index in [0.29, 0.717) is 12.4 Å². The van der Waals surface area contributed by atoms with Gasteiger partial charge in [0.2, 0.25) is 17.7 Å². The van der Waals surface area contributed by atoms with Crippen molar-refractivity contribution in [1.82, 2.24) is 10.3 Å². The van der Waals surface area contributed by atoms with Crippen molar-refractivity contribution in [2.45, 2.75) is 19.8 Å². The van der Waals surface area contributed by atoms with E-state index in [2.05, 4.69) is 15.6 Å². The van der Waals surface area contributed by atoms with Gasteiger partial charge in [0.25, 0.3) is 0 Å². The van der Waals surface area contributed by atoms with E-state index in [9.17, 15) is 14.4 Å². The van der Waals surface area contributed by atoms with E-state index in [0.717, 1.165) is 11.4 Å². The van der Waals surface area contributed by atoms with Gasteiger partial charge < -0.3 is 15.5 Å². The van der Waals surface area contributed by atoms with E-state index >= 15 is 0 Å². The Labute approximate surface area is 157 Å². The molecule has 7 heteroatoms. The zero-order chi connectivity index (χ0) is 19.2. The molecular formula is C20H22N4O3.